The average Bonchev–Trinajstić information content (AvgIpc) is 2.53. The van der Waals surface area contributed by atoms with E-state index in [4.69, 9.17) is 11.6 Å². The molecule has 1 aromatic carbocycles. The molecule has 0 saturated carbocycles. The highest BCUT2D eigenvalue weighted by Crippen LogP contribution is 2.13. The minimum atomic E-state index is 0.591. The lowest BCUT2D eigenvalue weighted by atomic mass is 10.1. The zero-order valence-corrected chi connectivity index (χ0v) is 11.2. The van der Waals surface area contributed by atoms with Crippen molar-refractivity contribution >= 4 is 11.6 Å². The van der Waals surface area contributed by atoms with E-state index in [1.165, 1.54) is 5.56 Å². The van der Waals surface area contributed by atoms with E-state index in [2.05, 4.69) is 47.2 Å². The SMILES string of the molecule is CN1CCN(Cc2ccccc2)CC(CCl)C1. The van der Waals surface area contributed by atoms with Gasteiger partial charge in [-0.2, -0.15) is 0 Å². The fourth-order valence-corrected chi connectivity index (χ4v) is 2.64. The number of likely N-dealkylation sites (N-methyl/N-ethyl adjacent to an activating group) is 1. The van der Waals surface area contributed by atoms with E-state index in [9.17, 15) is 0 Å². The quantitative estimate of drug-likeness (QED) is 0.762. The normalized spacial score (nSPS) is 23.5. The molecule has 0 aromatic heterocycles. The van der Waals surface area contributed by atoms with Crippen molar-refractivity contribution in [1.82, 2.24) is 9.80 Å². The van der Waals surface area contributed by atoms with Crippen LogP contribution in [0.3, 0.4) is 0 Å². The molecule has 94 valence electrons. The summed E-state index contributed by atoms with van der Waals surface area (Å²) in [6.45, 7) is 5.55. The van der Waals surface area contributed by atoms with Crippen LogP contribution in [0.1, 0.15) is 5.56 Å². The van der Waals surface area contributed by atoms with E-state index in [1.807, 2.05) is 0 Å². The number of nitrogens with zero attached hydrogens (tertiary/aromatic N) is 2. The molecular weight excluding hydrogens is 232 g/mol. The maximum Gasteiger partial charge on any atom is 0.0276 e. The first-order chi connectivity index (χ1) is 8.28. The summed E-state index contributed by atoms with van der Waals surface area (Å²) in [7, 11) is 2.19. The average molecular weight is 253 g/mol. The lowest BCUT2D eigenvalue weighted by Gasteiger charge is -2.22. The van der Waals surface area contributed by atoms with Crippen molar-refractivity contribution in [2.45, 2.75) is 6.54 Å². The van der Waals surface area contributed by atoms with Gasteiger partial charge in [0.25, 0.3) is 0 Å². The molecule has 2 nitrogen and oxygen atoms in total. The van der Waals surface area contributed by atoms with Crippen LogP contribution in [0, 0.1) is 5.92 Å². The number of hydrogen-bond acceptors (Lipinski definition) is 2. The van der Waals surface area contributed by atoms with Gasteiger partial charge in [-0.15, -0.1) is 11.6 Å². The molecular formula is C14H21ClN2. The van der Waals surface area contributed by atoms with Crippen molar-refractivity contribution in [3.8, 4) is 0 Å². The van der Waals surface area contributed by atoms with Gasteiger partial charge in [-0.05, 0) is 18.5 Å². The number of hydrogen-bond donors (Lipinski definition) is 0. The van der Waals surface area contributed by atoms with Gasteiger partial charge in [0.05, 0.1) is 0 Å². The van der Waals surface area contributed by atoms with Crippen LogP contribution >= 0.6 is 11.6 Å². The van der Waals surface area contributed by atoms with E-state index >= 15 is 0 Å². The van der Waals surface area contributed by atoms with Gasteiger partial charge >= 0.3 is 0 Å². The molecule has 0 radical (unpaired) electrons. The summed E-state index contributed by atoms with van der Waals surface area (Å²) in [5.41, 5.74) is 1.39. The van der Waals surface area contributed by atoms with Gasteiger partial charge in [-0.1, -0.05) is 30.3 Å². The van der Waals surface area contributed by atoms with Gasteiger partial charge in [-0.25, -0.2) is 0 Å². The van der Waals surface area contributed by atoms with Crippen molar-refractivity contribution in [3.63, 3.8) is 0 Å². The minimum absolute atomic E-state index is 0.591. The van der Waals surface area contributed by atoms with Crippen molar-refractivity contribution in [2.24, 2.45) is 5.92 Å². The Bertz CT molecular complexity index is 328. The predicted molar refractivity (Wildman–Crippen MR) is 73.4 cm³/mol. The molecule has 1 saturated heterocycles. The Morgan fingerprint density at radius 3 is 2.65 bits per heavy atom. The largest absolute Gasteiger partial charge is 0.305 e. The Morgan fingerprint density at radius 1 is 1.18 bits per heavy atom. The number of rotatable bonds is 3. The van der Waals surface area contributed by atoms with Crippen molar-refractivity contribution in [2.75, 3.05) is 39.1 Å². The minimum Gasteiger partial charge on any atom is -0.305 e. The van der Waals surface area contributed by atoms with Gasteiger partial charge in [0.15, 0.2) is 0 Å². The summed E-state index contributed by atoms with van der Waals surface area (Å²) in [4.78, 5) is 4.91. The van der Waals surface area contributed by atoms with Crippen molar-refractivity contribution in [3.05, 3.63) is 35.9 Å². The van der Waals surface area contributed by atoms with Crippen LogP contribution in [0.4, 0.5) is 0 Å². The standard InChI is InChI=1S/C14H21ClN2/c1-16-7-8-17(12-14(9-15)10-16)11-13-5-3-2-4-6-13/h2-6,14H,7-12H2,1H3. The van der Waals surface area contributed by atoms with E-state index < -0.39 is 0 Å². The third-order valence-electron chi connectivity index (χ3n) is 3.35. The number of halogens is 1. The Balaban J connectivity index is 1.96. The Kier molecular flexibility index (Phi) is 4.84. The second kappa shape index (κ2) is 6.39. The van der Waals surface area contributed by atoms with E-state index in [0.717, 1.165) is 38.6 Å². The second-order valence-electron chi connectivity index (χ2n) is 5.00. The Morgan fingerprint density at radius 2 is 1.94 bits per heavy atom. The van der Waals surface area contributed by atoms with Crippen LogP contribution in [0.2, 0.25) is 0 Å². The molecule has 2 rings (SSSR count). The molecule has 3 heteroatoms. The van der Waals surface area contributed by atoms with Gasteiger partial charge in [-0.3, -0.25) is 4.90 Å². The fourth-order valence-electron chi connectivity index (χ4n) is 2.44. The summed E-state index contributed by atoms with van der Waals surface area (Å²) in [6, 6.07) is 10.7. The molecule has 1 aromatic rings. The van der Waals surface area contributed by atoms with E-state index in [-0.39, 0.29) is 0 Å². The maximum atomic E-state index is 6.03. The molecule has 1 fully saturated rings. The molecule has 0 bridgehead atoms. The number of benzene rings is 1. The van der Waals surface area contributed by atoms with Crippen LogP contribution in [-0.2, 0) is 6.54 Å². The zero-order chi connectivity index (χ0) is 12.1. The summed E-state index contributed by atoms with van der Waals surface area (Å²) in [6.07, 6.45) is 0. The molecule has 0 spiro atoms. The van der Waals surface area contributed by atoms with Crippen LogP contribution in [0.15, 0.2) is 30.3 Å². The van der Waals surface area contributed by atoms with Gasteiger partial charge < -0.3 is 4.90 Å². The first-order valence-corrected chi connectivity index (χ1v) is 6.82. The Labute approximate surface area is 109 Å². The highest BCUT2D eigenvalue weighted by Gasteiger charge is 2.20. The second-order valence-corrected chi connectivity index (χ2v) is 5.31. The molecule has 1 atom stereocenters. The first kappa shape index (κ1) is 12.9. The molecule has 1 aliphatic heterocycles. The lowest BCUT2D eigenvalue weighted by molar-refractivity contribution is 0.256. The monoisotopic (exact) mass is 252 g/mol. The van der Waals surface area contributed by atoms with Crippen molar-refractivity contribution < 1.29 is 0 Å². The van der Waals surface area contributed by atoms with Crippen molar-refractivity contribution in [1.29, 1.82) is 0 Å². The third-order valence-corrected chi connectivity index (χ3v) is 3.79. The zero-order valence-electron chi connectivity index (χ0n) is 10.5. The predicted octanol–water partition coefficient (Wildman–Crippen LogP) is 2.29. The summed E-state index contributed by atoms with van der Waals surface area (Å²) in [5, 5.41) is 0. The molecule has 0 N–H and O–H groups in total. The third kappa shape index (κ3) is 3.98. The van der Waals surface area contributed by atoms with Gasteiger partial charge in [0.1, 0.15) is 0 Å². The van der Waals surface area contributed by atoms with E-state index in [0.29, 0.717) is 5.92 Å². The van der Waals surface area contributed by atoms with Crippen LogP contribution in [0.5, 0.6) is 0 Å². The van der Waals surface area contributed by atoms with Gasteiger partial charge in [0.2, 0.25) is 0 Å². The van der Waals surface area contributed by atoms with Crippen LogP contribution in [0.25, 0.3) is 0 Å². The molecule has 17 heavy (non-hydrogen) atoms. The molecule has 1 aliphatic rings. The molecule has 0 aliphatic carbocycles. The highest BCUT2D eigenvalue weighted by molar-refractivity contribution is 6.18. The first-order valence-electron chi connectivity index (χ1n) is 6.28. The van der Waals surface area contributed by atoms with Crippen LogP contribution in [-0.4, -0.2) is 48.9 Å². The van der Waals surface area contributed by atoms with Crippen LogP contribution < -0.4 is 0 Å². The topological polar surface area (TPSA) is 6.48 Å². The summed E-state index contributed by atoms with van der Waals surface area (Å²) < 4.78 is 0. The number of alkyl halides is 1. The Hall–Kier alpha value is -0.570. The molecule has 0 amide bonds. The molecule has 1 unspecified atom stereocenters. The van der Waals surface area contributed by atoms with E-state index in [1.54, 1.807) is 0 Å². The smallest absolute Gasteiger partial charge is 0.0276 e. The molecule has 1 heterocycles. The summed E-state index contributed by atoms with van der Waals surface area (Å²) in [5.74, 6) is 1.35. The summed E-state index contributed by atoms with van der Waals surface area (Å²) >= 11 is 6.03. The maximum absolute atomic E-state index is 6.03. The lowest BCUT2D eigenvalue weighted by Crippen LogP contribution is -2.30. The fraction of sp³-hybridized carbons (Fsp3) is 0.571. The van der Waals surface area contributed by atoms with Gasteiger partial charge in [0, 0.05) is 38.6 Å². The highest BCUT2D eigenvalue weighted by atomic mass is 35.5.